The molecule has 0 radical (unpaired) electrons. The molecule has 2 aromatic carbocycles. The summed E-state index contributed by atoms with van der Waals surface area (Å²) in [5, 5.41) is -0.607. The van der Waals surface area contributed by atoms with E-state index in [0.717, 1.165) is 11.1 Å². The topological polar surface area (TPSA) is 132 Å². The van der Waals surface area contributed by atoms with E-state index in [1.54, 1.807) is 0 Å². The maximum absolute atomic E-state index is 7.50. The normalized spacial score (nSPS) is 8.74. The molecule has 2 atom stereocenters. The molecule has 0 N–H and O–H groups in total. The molecular formula is C25H26ClFe2NO7P2. The Morgan fingerprint density at radius 3 is 1.11 bits per heavy atom. The van der Waals surface area contributed by atoms with Crippen molar-refractivity contribution in [2.75, 3.05) is 0 Å². The molecule has 206 valence electrons. The molecule has 0 saturated carbocycles. The van der Waals surface area contributed by atoms with Crippen LogP contribution in [-0.4, -0.2) is 16.8 Å². The van der Waals surface area contributed by atoms with Gasteiger partial charge in [-0.15, -0.1) is 0 Å². The number of hydrogen-bond acceptors (Lipinski definition) is 2. The maximum atomic E-state index is 7.50. The van der Waals surface area contributed by atoms with Crippen molar-refractivity contribution < 1.29 is 66.6 Å². The zero-order valence-corrected chi connectivity index (χ0v) is 25.8. The molecule has 2 aromatic rings. The van der Waals surface area contributed by atoms with Crippen LogP contribution in [-0.2, 0) is 71.9 Å². The first kappa shape index (κ1) is 53.3. The Bertz CT molecular complexity index is 785. The molecule has 2 rings (SSSR count). The second kappa shape index (κ2) is 40.5. The number of rotatable bonds is 8. The summed E-state index contributed by atoms with van der Waals surface area (Å²) in [6, 6.07) is 21.4. The predicted molar refractivity (Wildman–Crippen MR) is 133 cm³/mol. The molecule has 0 bridgehead atoms. The van der Waals surface area contributed by atoms with Crippen molar-refractivity contribution >= 4 is 28.1 Å². The fraction of sp³-hybridized carbons (Fsp3) is 0.280. The van der Waals surface area contributed by atoms with Gasteiger partial charge in [0.05, 0.1) is 8.96 Å². The Hall–Kier alpha value is -1.01. The van der Waals surface area contributed by atoms with Crippen LogP contribution in [0.1, 0.15) is 38.8 Å². The van der Waals surface area contributed by atoms with E-state index in [2.05, 4.69) is 96.5 Å². The number of hydrogen-bond donors (Lipinski definition) is 0. The Kier molecular flexibility index (Phi) is 56.8. The summed E-state index contributed by atoms with van der Waals surface area (Å²) in [5.41, 5.74) is 2.20. The fourth-order valence-corrected chi connectivity index (χ4v) is 5.43. The molecule has 0 aliphatic heterocycles. The molecule has 0 amide bonds. The molecule has 0 fully saturated rings. The summed E-state index contributed by atoms with van der Waals surface area (Å²) >= 11 is 6.52. The first-order valence-electron chi connectivity index (χ1n) is 9.44. The SMILES string of the molecule is CC(C)N(POC(PCl)(c1ccccc1)c1ccccc1)C(C)C.[C-]#[O+].[C-]#[O+].[C-]#[O+].[C-]#[O+].[C-]#[O+].[C-]#[O+].[Fe].[Fe]. The smallest absolute Gasteiger partial charge is 0 e. The first-order chi connectivity index (χ1) is 17.5. The van der Waals surface area contributed by atoms with E-state index in [1.165, 1.54) is 0 Å². The van der Waals surface area contributed by atoms with Crippen LogP contribution in [0, 0.1) is 39.9 Å². The van der Waals surface area contributed by atoms with E-state index >= 15 is 0 Å². The van der Waals surface area contributed by atoms with Gasteiger partial charge in [-0.05, 0) is 38.8 Å². The van der Waals surface area contributed by atoms with Gasteiger partial charge in [-0.25, -0.2) is 0 Å². The van der Waals surface area contributed by atoms with E-state index in [9.17, 15) is 0 Å². The summed E-state index contributed by atoms with van der Waals surface area (Å²) in [6.45, 7) is 35.8. The first-order valence-corrected chi connectivity index (χ1v) is 12.3. The van der Waals surface area contributed by atoms with Crippen LogP contribution in [0.25, 0.3) is 0 Å². The Balaban J connectivity index is -0.000000121. The molecule has 0 spiro atoms. The Morgan fingerprint density at radius 2 is 0.895 bits per heavy atom. The van der Waals surface area contributed by atoms with Gasteiger partial charge in [-0.2, -0.15) is 0 Å². The third kappa shape index (κ3) is 20.9. The molecular weight excluding hydrogens is 635 g/mol. The van der Waals surface area contributed by atoms with E-state index in [1.807, 2.05) is 36.4 Å². The summed E-state index contributed by atoms with van der Waals surface area (Å²) in [7, 11) is 0.340. The Morgan fingerprint density at radius 1 is 0.632 bits per heavy atom. The van der Waals surface area contributed by atoms with Crippen LogP contribution in [0.4, 0.5) is 0 Å². The van der Waals surface area contributed by atoms with Gasteiger partial charge in [0.2, 0.25) is 0 Å². The van der Waals surface area contributed by atoms with E-state index in [0.29, 0.717) is 12.1 Å². The van der Waals surface area contributed by atoms with Crippen molar-refractivity contribution in [2.24, 2.45) is 0 Å². The van der Waals surface area contributed by atoms with Crippen LogP contribution in [0.5, 0.6) is 0 Å². The van der Waals surface area contributed by atoms with E-state index < -0.39 is 5.34 Å². The zero-order chi connectivity index (χ0) is 29.6. The summed E-state index contributed by atoms with van der Waals surface area (Å²) in [4.78, 5) is 0. The fourth-order valence-electron chi connectivity index (χ4n) is 2.69. The van der Waals surface area contributed by atoms with Crippen molar-refractivity contribution in [2.45, 2.75) is 45.1 Å². The molecule has 2 unspecified atom stereocenters. The van der Waals surface area contributed by atoms with Crippen LogP contribution >= 0.6 is 28.1 Å². The van der Waals surface area contributed by atoms with Gasteiger partial charge in [0, 0.05) is 54.2 Å². The maximum Gasteiger partial charge on any atom is 0 e. The van der Waals surface area contributed by atoms with Gasteiger partial charge in [-0.3, -0.25) is 4.67 Å². The van der Waals surface area contributed by atoms with Gasteiger partial charge in [-0.1, -0.05) is 71.9 Å². The average Bonchev–Trinajstić information content (AvgIpc) is 2.98. The summed E-state index contributed by atoms with van der Waals surface area (Å²) < 4.78 is 53.9. The second-order valence-electron chi connectivity index (χ2n) is 6.30. The molecule has 0 saturated heterocycles. The number of nitrogens with zero attached hydrogens (tertiary/aromatic N) is 1. The number of halogens is 1. The van der Waals surface area contributed by atoms with Crippen molar-refractivity contribution in [3.63, 3.8) is 0 Å². The number of benzene rings is 2. The van der Waals surface area contributed by atoms with Crippen LogP contribution in [0.2, 0.25) is 0 Å². The van der Waals surface area contributed by atoms with Crippen LogP contribution < -0.4 is 0 Å². The second-order valence-corrected chi connectivity index (χ2v) is 8.66. The van der Waals surface area contributed by atoms with Gasteiger partial charge in [0.25, 0.3) is 0 Å². The van der Waals surface area contributed by atoms with Crippen molar-refractivity contribution in [1.29, 1.82) is 0 Å². The van der Waals surface area contributed by atoms with Crippen molar-refractivity contribution in [3.8, 4) is 0 Å². The molecule has 13 heteroatoms. The van der Waals surface area contributed by atoms with Gasteiger partial charge in [0.15, 0.2) is 5.34 Å². The predicted octanol–water partition coefficient (Wildman–Crippen LogP) is 6.13. The molecule has 8 nitrogen and oxygen atoms in total. The summed E-state index contributed by atoms with van der Waals surface area (Å²) in [6.07, 6.45) is 0. The molecule has 0 aromatic heterocycles. The van der Waals surface area contributed by atoms with Gasteiger partial charge >= 0.3 is 67.8 Å². The van der Waals surface area contributed by atoms with Crippen molar-refractivity contribution in [3.05, 3.63) is 112 Å². The standard InChI is InChI=1S/C19H26ClNOP2.6CO.2Fe/c1-15(2)21(16(3)4)24-22-19(23-20,17-11-7-5-8-12-17)18-13-9-6-10-14-18;6*1-2;;/h5-16,23-24H,1-4H3;;;;;;;;. The van der Waals surface area contributed by atoms with Crippen molar-refractivity contribution in [1.82, 2.24) is 4.67 Å². The third-order valence-corrected chi connectivity index (χ3v) is 7.50. The minimum Gasteiger partial charge on any atom is 0 e. The largest absolute Gasteiger partial charge is 0 e. The molecule has 38 heavy (non-hydrogen) atoms. The summed E-state index contributed by atoms with van der Waals surface area (Å²) in [5.74, 6) is 0. The molecule has 0 heterocycles. The van der Waals surface area contributed by atoms with Crippen LogP contribution in [0.3, 0.4) is 0 Å². The third-order valence-electron chi connectivity index (χ3n) is 3.91. The average molecular weight is 662 g/mol. The van der Waals surface area contributed by atoms with Gasteiger partial charge in [0.1, 0.15) is 0 Å². The minimum atomic E-state index is -0.607. The zero-order valence-electron chi connectivity index (χ0n) is 20.8. The molecule has 0 aliphatic rings. The van der Waals surface area contributed by atoms with Gasteiger partial charge < -0.3 is 4.52 Å². The van der Waals surface area contributed by atoms with E-state index in [4.69, 9.17) is 43.7 Å². The monoisotopic (exact) mass is 661 g/mol. The quantitative estimate of drug-likeness (QED) is 0.146. The molecule has 0 aliphatic carbocycles. The minimum absolute atomic E-state index is 0. The van der Waals surface area contributed by atoms with E-state index in [-0.39, 0.29) is 51.0 Å². The Labute approximate surface area is 255 Å². The van der Waals surface area contributed by atoms with Crippen LogP contribution in [0.15, 0.2) is 60.7 Å².